The Labute approximate surface area is 201 Å². The second-order valence-corrected chi connectivity index (χ2v) is 9.08. The Morgan fingerprint density at radius 2 is 1.91 bits per heavy atom. The predicted molar refractivity (Wildman–Crippen MR) is 131 cm³/mol. The number of amides is 1. The van der Waals surface area contributed by atoms with E-state index in [-0.39, 0.29) is 30.6 Å². The molecule has 0 saturated carbocycles. The first-order valence-electron chi connectivity index (χ1n) is 11.7. The van der Waals surface area contributed by atoms with Gasteiger partial charge in [-0.15, -0.1) is 0 Å². The molecular weight excluding hydrogens is 428 g/mol. The largest absolute Gasteiger partial charge is 0.472 e. The molecule has 7 heteroatoms. The van der Waals surface area contributed by atoms with Crippen LogP contribution >= 0.6 is 0 Å². The molecule has 178 valence electrons. The van der Waals surface area contributed by atoms with Crippen molar-refractivity contribution in [3.05, 3.63) is 78.2 Å². The highest BCUT2D eigenvalue weighted by atomic mass is 16.5. The molecular formula is C27H32N4O3. The molecule has 3 atom stereocenters. The number of benzene rings is 1. The molecule has 1 N–H and O–H groups in total. The maximum Gasteiger partial charge on any atom is 0.259 e. The second kappa shape index (κ2) is 10.8. The summed E-state index contributed by atoms with van der Waals surface area (Å²) in [5.74, 6) is 0.199. The lowest BCUT2D eigenvalue weighted by atomic mass is 9.99. The van der Waals surface area contributed by atoms with Crippen LogP contribution in [0.5, 0.6) is 5.88 Å². The van der Waals surface area contributed by atoms with E-state index in [2.05, 4.69) is 21.8 Å². The van der Waals surface area contributed by atoms with Gasteiger partial charge in [0.15, 0.2) is 0 Å². The number of hydrogen-bond donors (Lipinski definition) is 1. The molecule has 2 aromatic heterocycles. The molecule has 4 rings (SSSR count). The molecule has 0 radical (unpaired) electrons. The molecule has 7 nitrogen and oxygen atoms in total. The first-order chi connectivity index (χ1) is 16.5. The summed E-state index contributed by atoms with van der Waals surface area (Å²) in [4.78, 5) is 26.5. The standard InChI is InChI=1S/C27H32N4O3/c1-19-15-31(20(2)18-32)27(33)24-13-22(21-9-5-4-6-10-21)14-29-26(24)34-25(19)17-30(3)16-23-11-7-8-12-28-23/h4-14,19-20,25,32H,15-18H2,1-3H3/t19-,20-,25+/m0/s1. The number of aliphatic hydroxyl groups is 1. The first kappa shape index (κ1) is 23.9. The summed E-state index contributed by atoms with van der Waals surface area (Å²) in [7, 11) is 2.04. The van der Waals surface area contributed by atoms with Gasteiger partial charge in [-0.05, 0) is 37.7 Å². The minimum absolute atomic E-state index is 0.0351. The lowest BCUT2D eigenvalue weighted by Gasteiger charge is -2.37. The molecule has 0 spiro atoms. The quantitative estimate of drug-likeness (QED) is 0.582. The third-order valence-corrected chi connectivity index (χ3v) is 6.28. The van der Waals surface area contributed by atoms with E-state index in [1.807, 2.05) is 68.6 Å². The minimum Gasteiger partial charge on any atom is -0.472 e. The van der Waals surface area contributed by atoms with Crippen LogP contribution in [0.1, 0.15) is 29.9 Å². The fraction of sp³-hybridized carbons (Fsp3) is 0.370. The predicted octanol–water partition coefficient (Wildman–Crippen LogP) is 3.50. The van der Waals surface area contributed by atoms with Crippen molar-refractivity contribution in [3.8, 4) is 17.0 Å². The van der Waals surface area contributed by atoms with E-state index in [9.17, 15) is 9.90 Å². The second-order valence-electron chi connectivity index (χ2n) is 9.08. The summed E-state index contributed by atoms with van der Waals surface area (Å²) in [5.41, 5.74) is 3.24. The highest BCUT2D eigenvalue weighted by Gasteiger charge is 2.34. The van der Waals surface area contributed by atoms with Crippen LogP contribution in [0.4, 0.5) is 0 Å². The molecule has 1 amide bonds. The Balaban J connectivity index is 1.65. The summed E-state index contributed by atoms with van der Waals surface area (Å²) >= 11 is 0. The topological polar surface area (TPSA) is 78.8 Å². The van der Waals surface area contributed by atoms with Gasteiger partial charge in [-0.2, -0.15) is 0 Å². The van der Waals surface area contributed by atoms with E-state index in [4.69, 9.17) is 4.74 Å². The molecule has 0 bridgehead atoms. The zero-order valence-electron chi connectivity index (χ0n) is 20.0. The van der Waals surface area contributed by atoms with Crippen LogP contribution in [0.15, 0.2) is 67.0 Å². The molecule has 1 aliphatic heterocycles. The third-order valence-electron chi connectivity index (χ3n) is 6.28. The van der Waals surface area contributed by atoms with E-state index in [0.717, 1.165) is 16.8 Å². The Bertz CT molecular complexity index is 1090. The Morgan fingerprint density at radius 3 is 2.62 bits per heavy atom. The van der Waals surface area contributed by atoms with Crippen molar-refractivity contribution in [1.29, 1.82) is 0 Å². The van der Waals surface area contributed by atoms with Gasteiger partial charge < -0.3 is 14.7 Å². The van der Waals surface area contributed by atoms with Gasteiger partial charge in [-0.3, -0.25) is 14.7 Å². The summed E-state index contributed by atoms with van der Waals surface area (Å²) in [5, 5.41) is 9.85. The molecule has 1 aromatic carbocycles. The van der Waals surface area contributed by atoms with Crippen molar-refractivity contribution < 1.29 is 14.6 Å². The molecule has 3 heterocycles. The lowest BCUT2D eigenvalue weighted by Crippen LogP contribution is -2.49. The van der Waals surface area contributed by atoms with Crippen LogP contribution in [0.2, 0.25) is 0 Å². The third kappa shape index (κ3) is 5.43. The Hall–Kier alpha value is -3.29. The minimum atomic E-state index is -0.312. The van der Waals surface area contributed by atoms with Crippen LogP contribution < -0.4 is 4.74 Å². The van der Waals surface area contributed by atoms with Crippen LogP contribution in [0, 0.1) is 5.92 Å². The first-order valence-corrected chi connectivity index (χ1v) is 11.7. The van der Waals surface area contributed by atoms with Gasteiger partial charge in [0.1, 0.15) is 11.7 Å². The number of fused-ring (bicyclic) bond motifs is 1. The number of aromatic nitrogens is 2. The monoisotopic (exact) mass is 460 g/mol. The Kier molecular flexibility index (Phi) is 7.55. The number of ether oxygens (including phenoxy) is 1. The van der Waals surface area contributed by atoms with Gasteiger partial charge in [0.05, 0.1) is 18.3 Å². The number of carbonyl (C=O) groups is 1. The highest BCUT2D eigenvalue weighted by Crippen LogP contribution is 2.30. The maximum absolute atomic E-state index is 13.6. The van der Waals surface area contributed by atoms with E-state index < -0.39 is 0 Å². The van der Waals surface area contributed by atoms with Gasteiger partial charge in [-0.1, -0.05) is 43.3 Å². The van der Waals surface area contributed by atoms with Crippen LogP contribution in [0.25, 0.3) is 11.1 Å². The van der Waals surface area contributed by atoms with Crippen molar-refractivity contribution >= 4 is 5.91 Å². The van der Waals surface area contributed by atoms with Gasteiger partial charge in [0, 0.05) is 43.5 Å². The van der Waals surface area contributed by atoms with Crippen molar-refractivity contribution in [2.24, 2.45) is 5.92 Å². The number of rotatable bonds is 7. The molecule has 1 aliphatic rings. The molecule has 0 unspecified atom stereocenters. The average Bonchev–Trinajstić information content (AvgIpc) is 2.86. The van der Waals surface area contributed by atoms with Crippen molar-refractivity contribution in [3.63, 3.8) is 0 Å². The van der Waals surface area contributed by atoms with Gasteiger partial charge in [0.25, 0.3) is 5.91 Å². The van der Waals surface area contributed by atoms with Crippen LogP contribution in [-0.2, 0) is 6.54 Å². The summed E-state index contributed by atoms with van der Waals surface area (Å²) in [6.45, 7) is 5.66. The van der Waals surface area contributed by atoms with Gasteiger partial charge in [-0.25, -0.2) is 4.98 Å². The fourth-order valence-corrected chi connectivity index (χ4v) is 4.25. The lowest BCUT2D eigenvalue weighted by molar-refractivity contribution is 0.0324. The number of likely N-dealkylation sites (N-methyl/N-ethyl adjacent to an activating group) is 1. The normalized spacial score (nSPS) is 19.2. The molecule has 34 heavy (non-hydrogen) atoms. The van der Waals surface area contributed by atoms with E-state index in [1.165, 1.54) is 0 Å². The summed E-state index contributed by atoms with van der Waals surface area (Å²) in [6, 6.07) is 17.3. The van der Waals surface area contributed by atoms with E-state index in [0.29, 0.717) is 31.1 Å². The van der Waals surface area contributed by atoms with Crippen molar-refractivity contribution in [2.45, 2.75) is 32.5 Å². The number of aliphatic hydroxyl groups excluding tert-OH is 1. The maximum atomic E-state index is 13.6. The van der Waals surface area contributed by atoms with Crippen molar-refractivity contribution in [1.82, 2.24) is 19.8 Å². The zero-order valence-corrected chi connectivity index (χ0v) is 20.0. The van der Waals surface area contributed by atoms with E-state index in [1.54, 1.807) is 17.3 Å². The van der Waals surface area contributed by atoms with E-state index >= 15 is 0 Å². The smallest absolute Gasteiger partial charge is 0.259 e. The number of carbonyl (C=O) groups excluding carboxylic acids is 1. The number of hydrogen-bond acceptors (Lipinski definition) is 6. The van der Waals surface area contributed by atoms with Gasteiger partial charge in [0.2, 0.25) is 5.88 Å². The average molecular weight is 461 g/mol. The Morgan fingerprint density at radius 1 is 1.15 bits per heavy atom. The SMILES string of the molecule is C[C@H]1CN([C@@H](C)CO)C(=O)c2cc(-c3ccccc3)cnc2O[C@@H]1CN(C)Cc1ccccn1. The number of pyridine rings is 2. The highest BCUT2D eigenvalue weighted by molar-refractivity contribution is 5.98. The summed E-state index contributed by atoms with van der Waals surface area (Å²) < 4.78 is 6.40. The summed E-state index contributed by atoms with van der Waals surface area (Å²) in [6.07, 6.45) is 3.36. The zero-order chi connectivity index (χ0) is 24.1. The molecule has 0 saturated heterocycles. The molecule has 0 fully saturated rings. The molecule has 0 aliphatic carbocycles. The van der Waals surface area contributed by atoms with Crippen LogP contribution in [-0.4, -0.2) is 69.7 Å². The van der Waals surface area contributed by atoms with Crippen LogP contribution in [0.3, 0.4) is 0 Å². The van der Waals surface area contributed by atoms with Crippen molar-refractivity contribution in [2.75, 3.05) is 26.7 Å². The van der Waals surface area contributed by atoms with Gasteiger partial charge >= 0.3 is 0 Å². The fourth-order valence-electron chi connectivity index (χ4n) is 4.25. The molecule has 3 aromatic rings. The number of nitrogens with zero attached hydrogens (tertiary/aromatic N) is 4.